The van der Waals surface area contributed by atoms with E-state index < -0.39 is 17.9 Å². The van der Waals surface area contributed by atoms with Gasteiger partial charge in [-0.2, -0.15) is 0 Å². The number of rotatable bonds is 8. The van der Waals surface area contributed by atoms with Crippen LogP contribution >= 0.6 is 0 Å². The fraction of sp³-hybridized carbons (Fsp3) is 0.259. The average molecular weight is 478 g/mol. The number of aliphatic hydroxyl groups excluding tert-OH is 1. The van der Waals surface area contributed by atoms with Crippen LogP contribution in [0.4, 0.5) is 5.69 Å². The highest BCUT2D eigenvalue weighted by Crippen LogP contribution is 2.51. The molecule has 1 aliphatic heterocycles. The van der Waals surface area contributed by atoms with Gasteiger partial charge >= 0.3 is 5.97 Å². The number of carbonyl (C=O) groups is 2. The van der Waals surface area contributed by atoms with E-state index in [1.807, 2.05) is 36.4 Å². The Morgan fingerprint density at radius 2 is 1.60 bits per heavy atom. The smallest absolute Gasteiger partial charge is 0.308 e. The number of benzene rings is 3. The first-order valence-electron chi connectivity index (χ1n) is 11.0. The topological polar surface area (TPSA) is 94.5 Å². The maximum absolute atomic E-state index is 13.6. The Balaban J connectivity index is 1.86. The van der Waals surface area contributed by atoms with Gasteiger partial charge in [0, 0.05) is 24.2 Å². The number of nitrogens with zero attached hydrogens (tertiary/aromatic N) is 1. The van der Waals surface area contributed by atoms with Crippen molar-refractivity contribution in [3.63, 3.8) is 0 Å². The third-order valence-electron chi connectivity index (χ3n) is 6.03. The summed E-state index contributed by atoms with van der Waals surface area (Å²) >= 11 is 0. The molecule has 8 heteroatoms. The van der Waals surface area contributed by atoms with Crippen LogP contribution in [0.15, 0.2) is 60.7 Å². The second kappa shape index (κ2) is 10.1. The Kier molecular flexibility index (Phi) is 6.93. The number of hydrogen-bond acceptors (Lipinski definition) is 7. The third kappa shape index (κ3) is 4.40. The van der Waals surface area contributed by atoms with Crippen LogP contribution in [0.5, 0.6) is 23.0 Å². The van der Waals surface area contributed by atoms with Gasteiger partial charge in [-0.05, 0) is 29.3 Å². The molecule has 0 aliphatic carbocycles. The van der Waals surface area contributed by atoms with Crippen LogP contribution in [0.3, 0.4) is 0 Å². The lowest BCUT2D eigenvalue weighted by molar-refractivity contribution is -0.132. The summed E-state index contributed by atoms with van der Waals surface area (Å²) in [6.07, 6.45) is 0. The van der Waals surface area contributed by atoms with Crippen molar-refractivity contribution < 1.29 is 33.6 Å². The van der Waals surface area contributed by atoms with Gasteiger partial charge in [-0.15, -0.1) is 0 Å². The molecule has 1 heterocycles. The molecule has 0 bridgehead atoms. The number of amides is 1. The number of hydrogen-bond donors (Lipinski definition) is 1. The van der Waals surface area contributed by atoms with Gasteiger partial charge in [0.05, 0.1) is 39.9 Å². The van der Waals surface area contributed by atoms with Gasteiger partial charge in [0.1, 0.15) is 0 Å². The second-order valence-electron chi connectivity index (χ2n) is 8.04. The maximum atomic E-state index is 13.6. The number of carbonyl (C=O) groups excluding carboxylic acids is 2. The molecule has 1 amide bonds. The zero-order valence-corrected chi connectivity index (χ0v) is 20.0. The highest BCUT2D eigenvalue weighted by Gasteiger charge is 2.50. The van der Waals surface area contributed by atoms with E-state index in [0.29, 0.717) is 28.5 Å². The van der Waals surface area contributed by atoms with Crippen LogP contribution in [0.2, 0.25) is 0 Å². The van der Waals surface area contributed by atoms with Crippen LogP contribution in [-0.4, -0.2) is 38.3 Å². The average Bonchev–Trinajstić information content (AvgIpc) is 2.86. The van der Waals surface area contributed by atoms with Crippen molar-refractivity contribution >= 4 is 17.6 Å². The van der Waals surface area contributed by atoms with Gasteiger partial charge in [-0.1, -0.05) is 36.4 Å². The lowest BCUT2D eigenvalue weighted by Gasteiger charge is -2.48. The van der Waals surface area contributed by atoms with E-state index in [2.05, 4.69) is 0 Å². The number of β-lactam (4-membered cyclic amide) rings is 1. The molecule has 182 valence electrons. The van der Waals surface area contributed by atoms with Crippen LogP contribution in [0, 0.1) is 0 Å². The fourth-order valence-electron chi connectivity index (χ4n) is 4.50. The Hall–Kier alpha value is -4.04. The summed E-state index contributed by atoms with van der Waals surface area (Å²) in [5, 5.41) is 9.92. The molecule has 4 rings (SSSR count). The number of aliphatic hydroxyl groups is 1. The van der Waals surface area contributed by atoms with Gasteiger partial charge in [-0.25, -0.2) is 0 Å². The van der Waals surface area contributed by atoms with E-state index >= 15 is 0 Å². The molecule has 1 fully saturated rings. The maximum Gasteiger partial charge on any atom is 0.308 e. The van der Waals surface area contributed by atoms with Gasteiger partial charge in [0.15, 0.2) is 23.0 Å². The summed E-state index contributed by atoms with van der Waals surface area (Å²) in [7, 11) is 4.49. The van der Waals surface area contributed by atoms with E-state index in [0.717, 1.165) is 11.1 Å². The Morgan fingerprint density at radius 1 is 0.886 bits per heavy atom. The van der Waals surface area contributed by atoms with Gasteiger partial charge < -0.3 is 29.0 Å². The summed E-state index contributed by atoms with van der Waals surface area (Å²) in [6, 6.07) is 17.8. The molecular formula is C27H27NO7. The first-order chi connectivity index (χ1) is 16.9. The van der Waals surface area contributed by atoms with Crippen molar-refractivity contribution in [1.82, 2.24) is 0 Å². The molecule has 1 unspecified atom stereocenters. The molecule has 3 aromatic carbocycles. The third-order valence-corrected chi connectivity index (χ3v) is 6.03. The number of methoxy groups -OCH3 is 3. The second-order valence-corrected chi connectivity index (χ2v) is 8.04. The first-order valence-corrected chi connectivity index (χ1v) is 11.0. The van der Waals surface area contributed by atoms with E-state index in [1.54, 1.807) is 29.2 Å². The van der Waals surface area contributed by atoms with E-state index in [1.165, 1.54) is 28.3 Å². The van der Waals surface area contributed by atoms with Crippen molar-refractivity contribution in [1.29, 1.82) is 0 Å². The van der Waals surface area contributed by atoms with Gasteiger partial charge in [0.25, 0.3) is 0 Å². The van der Waals surface area contributed by atoms with Crippen molar-refractivity contribution in [2.45, 2.75) is 25.5 Å². The SMILES string of the molecule is COc1ccc(C2[C@H](c3ccccc3)C(=O)N2c2cc(CO)c(OC)c(OC)c2)cc1OC(C)=O. The van der Waals surface area contributed by atoms with Gasteiger partial charge in [-0.3, -0.25) is 9.59 Å². The fourth-order valence-corrected chi connectivity index (χ4v) is 4.50. The van der Waals surface area contributed by atoms with Crippen LogP contribution < -0.4 is 23.8 Å². The molecule has 8 nitrogen and oxygen atoms in total. The molecule has 1 saturated heterocycles. The predicted octanol–water partition coefficient (Wildman–Crippen LogP) is 4.00. The number of anilines is 1. The van der Waals surface area contributed by atoms with Crippen LogP contribution in [0.25, 0.3) is 0 Å². The van der Waals surface area contributed by atoms with E-state index in [-0.39, 0.29) is 18.3 Å². The summed E-state index contributed by atoms with van der Waals surface area (Å²) in [4.78, 5) is 26.9. The Bertz CT molecular complexity index is 1220. The van der Waals surface area contributed by atoms with Crippen molar-refractivity contribution in [2.24, 2.45) is 0 Å². The predicted molar refractivity (Wildman–Crippen MR) is 129 cm³/mol. The van der Waals surface area contributed by atoms with Crippen molar-refractivity contribution in [3.8, 4) is 23.0 Å². The first kappa shape index (κ1) is 24.1. The Labute approximate surface area is 203 Å². The molecular weight excluding hydrogens is 450 g/mol. The molecule has 0 saturated carbocycles. The highest BCUT2D eigenvalue weighted by molar-refractivity contribution is 6.07. The summed E-state index contributed by atoms with van der Waals surface area (Å²) in [5.74, 6) is 0.443. The zero-order valence-electron chi connectivity index (χ0n) is 20.0. The molecule has 1 aliphatic rings. The van der Waals surface area contributed by atoms with Crippen molar-refractivity contribution in [3.05, 3.63) is 77.4 Å². The largest absolute Gasteiger partial charge is 0.493 e. The molecule has 0 spiro atoms. The van der Waals surface area contributed by atoms with Crippen molar-refractivity contribution in [2.75, 3.05) is 26.2 Å². The van der Waals surface area contributed by atoms with Gasteiger partial charge in [0.2, 0.25) is 5.91 Å². The minimum absolute atomic E-state index is 0.109. The molecule has 35 heavy (non-hydrogen) atoms. The quantitative estimate of drug-likeness (QED) is 0.298. The zero-order chi connectivity index (χ0) is 25.1. The monoisotopic (exact) mass is 477 g/mol. The summed E-state index contributed by atoms with van der Waals surface area (Å²) in [5.41, 5.74) is 2.67. The minimum Gasteiger partial charge on any atom is -0.493 e. The molecule has 0 radical (unpaired) electrons. The summed E-state index contributed by atoms with van der Waals surface area (Å²) in [6.45, 7) is 1.03. The summed E-state index contributed by atoms with van der Waals surface area (Å²) < 4.78 is 21.6. The van der Waals surface area contributed by atoms with E-state index in [9.17, 15) is 14.7 Å². The Morgan fingerprint density at radius 3 is 2.20 bits per heavy atom. The molecule has 1 N–H and O–H groups in total. The minimum atomic E-state index is -0.478. The van der Waals surface area contributed by atoms with Crippen LogP contribution in [-0.2, 0) is 16.2 Å². The van der Waals surface area contributed by atoms with E-state index in [4.69, 9.17) is 18.9 Å². The number of ether oxygens (including phenoxy) is 4. The van der Waals surface area contributed by atoms with Crippen LogP contribution in [0.1, 0.15) is 35.6 Å². The lowest BCUT2D eigenvalue weighted by atomic mass is 9.77. The molecule has 3 aromatic rings. The normalized spacial score (nSPS) is 16.9. The lowest BCUT2D eigenvalue weighted by Crippen LogP contribution is -2.53. The molecule has 0 aromatic heterocycles. The highest BCUT2D eigenvalue weighted by atomic mass is 16.6. The standard InChI is InChI=1S/C27H27NO7/c1-16(30)35-22-13-18(10-11-21(22)32-2)25-24(17-8-6-5-7-9-17)27(31)28(25)20-12-19(15-29)26(34-4)23(14-20)33-3/h5-14,24-25,29H,15H2,1-4H3/t24-,25?/m0/s1. The number of esters is 1. The molecule has 2 atom stereocenters.